The maximum atomic E-state index is 13.0. The Labute approximate surface area is 168 Å². The van der Waals surface area contributed by atoms with Crippen molar-refractivity contribution >= 4 is 35.2 Å². The Balaban J connectivity index is 1.48. The number of amides is 2. The van der Waals surface area contributed by atoms with Crippen LogP contribution < -0.4 is 5.32 Å². The van der Waals surface area contributed by atoms with E-state index in [1.807, 2.05) is 62.4 Å². The lowest BCUT2D eigenvalue weighted by Gasteiger charge is -2.29. The van der Waals surface area contributed by atoms with E-state index in [2.05, 4.69) is 5.32 Å². The number of thioether (sulfide) groups is 1. The Kier molecular flexibility index (Phi) is 4.68. The molecular formula is C21H21ClN2O2S. The molecule has 2 amide bonds. The zero-order chi connectivity index (χ0) is 19.2. The van der Waals surface area contributed by atoms with Crippen molar-refractivity contribution in [3.63, 3.8) is 0 Å². The van der Waals surface area contributed by atoms with Crippen LogP contribution in [0.2, 0.25) is 5.02 Å². The number of hydrogen-bond acceptors (Lipinski definition) is 3. The maximum absolute atomic E-state index is 13.0. The summed E-state index contributed by atoms with van der Waals surface area (Å²) in [5.74, 6) is -0.142. The summed E-state index contributed by atoms with van der Waals surface area (Å²) in [6.07, 6.45) is 0.723. The molecule has 1 fully saturated rings. The molecule has 0 aliphatic carbocycles. The van der Waals surface area contributed by atoms with E-state index in [0.717, 1.165) is 17.5 Å². The average molecular weight is 401 g/mol. The van der Waals surface area contributed by atoms with Crippen LogP contribution in [0.1, 0.15) is 40.7 Å². The quantitative estimate of drug-likeness (QED) is 0.842. The lowest BCUT2D eigenvalue weighted by Crippen LogP contribution is -2.52. The topological polar surface area (TPSA) is 49.4 Å². The standard InChI is InChI=1S/C21H21ClN2O2S/c1-21(2)17(18(25)23-12-11-13-7-9-14(22)10-8-13)24-19(26)15-5-3-4-6-16(15)20(24)27-21/h3-10,17,20H,11-12H2,1-2H3,(H,23,25)/t17-,20-/m1/s1. The molecule has 2 aromatic carbocycles. The predicted octanol–water partition coefficient (Wildman–Crippen LogP) is 4.05. The highest BCUT2D eigenvalue weighted by molar-refractivity contribution is 8.01. The SMILES string of the molecule is CC1(C)S[C@@H]2c3ccccc3C(=O)N2[C@@H]1C(=O)NCCc1ccc(Cl)cc1. The minimum Gasteiger partial charge on any atom is -0.354 e. The fourth-order valence-corrected chi connectivity index (χ4v) is 5.60. The van der Waals surface area contributed by atoms with Gasteiger partial charge in [0.2, 0.25) is 5.91 Å². The van der Waals surface area contributed by atoms with Gasteiger partial charge in [-0.1, -0.05) is 41.9 Å². The van der Waals surface area contributed by atoms with Crippen LogP contribution in [0.5, 0.6) is 0 Å². The molecule has 0 unspecified atom stereocenters. The van der Waals surface area contributed by atoms with E-state index in [1.54, 1.807) is 16.7 Å². The van der Waals surface area contributed by atoms with Gasteiger partial charge < -0.3 is 10.2 Å². The van der Waals surface area contributed by atoms with Gasteiger partial charge in [-0.3, -0.25) is 9.59 Å². The van der Waals surface area contributed by atoms with Gasteiger partial charge in [-0.2, -0.15) is 0 Å². The molecule has 27 heavy (non-hydrogen) atoms. The summed E-state index contributed by atoms with van der Waals surface area (Å²) in [7, 11) is 0. The first-order valence-electron chi connectivity index (χ1n) is 9.00. The number of hydrogen-bond donors (Lipinski definition) is 1. The lowest BCUT2D eigenvalue weighted by atomic mass is 10.0. The second kappa shape index (κ2) is 6.88. The monoisotopic (exact) mass is 400 g/mol. The number of carbonyl (C=O) groups is 2. The maximum Gasteiger partial charge on any atom is 0.256 e. The zero-order valence-electron chi connectivity index (χ0n) is 15.2. The van der Waals surface area contributed by atoms with E-state index in [0.29, 0.717) is 17.1 Å². The van der Waals surface area contributed by atoms with Gasteiger partial charge in [-0.05, 0) is 49.6 Å². The van der Waals surface area contributed by atoms with Crippen molar-refractivity contribution < 1.29 is 9.59 Å². The minimum absolute atomic E-state index is 0.0495. The van der Waals surface area contributed by atoms with E-state index in [-0.39, 0.29) is 21.9 Å². The van der Waals surface area contributed by atoms with Crippen LogP contribution >= 0.6 is 23.4 Å². The summed E-state index contributed by atoms with van der Waals surface area (Å²) in [5, 5.41) is 3.64. The van der Waals surface area contributed by atoms with E-state index in [4.69, 9.17) is 11.6 Å². The Hall–Kier alpha value is -1.98. The zero-order valence-corrected chi connectivity index (χ0v) is 16.8. The van der Waals surface area contributed by atoms with Crippen LogP contribution in [-0.2, 0) is 11.2 Å². The molecule has 0 spiro atoms. The van der Waals surface area contributed by atoms with E-state index in [9.17, 15) is 9.59 Å². The largest absolute Gasteiger partial charge is 0.354 e. The third-order valence-corrected chi connectivity index (χ3v) is 6.96. The number of halogens is 1. The minimum atomic E-state index is -0.488. The summed E-state index contributed by atoms with van der Waals surface area (Å²) < 4.78 is -0.349. The van der Waals surface area contributed by atoms with Crippen molar-refractivity contribution in [1.82, 2.24) is 10.2 Å². The average Bonchev–Trinajstić information content (AvgIpc) is 3.07. The lowest BCUT2D eigenvalue weighted by molar-refractivity contribution is -0.126. The molecule has 2 atom stereocenters. The smallest absolute Gasteiger partial charge is 0.256 e. The van der Waals surface area contributed by atoms with Crippen molar-refractivity contribution in [2.75, 3.05) is 6.54 Å². The molecule has 1 N–H and O–H groups in total. The first kappa shape index (κ1) is 18.4. The summed E-state index contributed by atoms with van der Waals surface area (Å²) >= 11 is 7.59. The van der Waals surface area contributed by atoms with Crippen LogP contribution in [0.4, 0.5) is 0 Å². The molecule has 2 aliphatic rings. The number of carbonyl (C=O) groups excluding carboxylic acids is 2. The van der Waals surface area contributed by atoms with Crippen molar-refractivity contribution in [3.05, 3.63) is 70.2 Å². The first-order chi connectivity index (χ1) is 12.9. The molecule has 4 rings (SSSR count). The normalized spacial score (nSPS) is 22.5. The molecule has 0 aromatic heterocycles. The number of rotatable bonds is 4. The Bertz CT molecular complexity index is 897. The number of nitrogens with one attached hydrogen (secondary N) is 1. The molecule has 2 aliphatic heterocycles. The van der Waals surface area contributed by atoms with E-state index in [1.165, 1.54) is 0 Å². The Morgan fingerprint density at radius 1 is 1.19 bits per heavy atom. The highest BCUT2D eigenvalue weighted by Crippen LogP contribution is 2.56. The third-order valence-electron chi connectivity index (χ3n) is 5.17. The molecule has 1 saturated heterocycles. The van der Waals surface area contributed by atoms with Crippen LogP contribution in [0.3, 0.4) is 0 Å². The highest BCUT2D eigenvalue weighted by atomic mass is 35.5. The van der Waals surface area contributed by atoms with Crippen molar-refractivity contribution in [3.8, 4) is 0 Å². The molecule has 0 saturated carbocycles. The molecule has 2 heterocycles. The second-order valence-corrected chi connectivity index (χ2v) is 9.61. The molecule has 140 valence electrons. The summed E-state index contributed by atoms with van der Waals surface area (Å²) in [6, 6.07) is 14.8. The van der Waals surface area contributed by atoms with Gasteiger partial charge in [0.25, 0.3) is 5.91 Å². The fraction of sp³-hybridized carbons (Fsp3) is 0.333. The van der Waals surface area contributed by atoms with Gasteiger partial charge in [0, 0.05) is 21.9 Å². The van der Waals surface area contributed by atoms with Crippen molar-refractivity contribution in [2.45, 2.75) is 36.4 Å². The van der Waals surface area contributed by atoms with Gasteiger partial charge in [-0.15, -0.1) is 11.8 Å². The Morgan fingerprint density at radius 3 is 2.63 bits per heavy atom. The van der Waals surface area contributed by atoms with Gasteiger partial charge in [0.05, 0.1) is 0 Å². The van der Waals surface area contributed by atoms with Crippen LogP contribution in [0.25, 0.3) is 0 Å². The van der Waals surface area contributed by atoms with Gasteiger partial charge >= 0.3 is 0 Å². The number of fused-ring (bicyclic) bond motifs is 3. The fourth-order valence-electron chi connectivity index (χ4n) is 3.88. The van der Waals surface area contributed by atoms with Crippen LogP contribution in [0, 0.1) is 0 Å². The number of nitrogens with zero attached hydrogens (tertiary/aromatic N) is 1. The summed E-state index contributed by atoms with van der Waals surface area (Å²) in [5.41, 5.74) is 2.84. The summed E-state index contributed by atoms with van der Waals surface area (Å²) in [6.45, 7) is 4.60. The molecule has 0 bridgehead atoms. The molecule has 2 aromatic rings. The first-order valence-corrected chi connectivity index (χ1v) is 10.3. The molecule has 6 heteroatoms. The van der Waals surface area contributed by atoms with Crippen molar-refractivity contribution in [1.29, 1.82) is 0 Å². The predicted molar refractivity (Wildman–Crippen MR) is 109 cm³/mol. The number of benzene rings is 2. The highest BCUT2D eigenvalue weighted by Gasteiger charge is 2.57. The van der Waals surface area contributed by atoms with Gasteiger partial charge in [0.1, 0.15) is 11.4 Å². The van der Waals surface area contributed by atoms with Crippen molar-refractivity contribution in [2.24, 2.45) is 0 Å². The van der Waals surface area contributed by atoms with Crippen LogP contribution in [-0.4, -0.2) is 34.0 Å². The molecule has 4 nitrogen and oxygen atoms in total. The molecule has 0 radical (unpaired) electrons. The van der Waals surface area contributed by atoms with Crippen LogP contribution in [0.15, 0.2) is 48.5 Å². The Morgan fingerprint density at radius 2 is 1.89 bits per heavy atom. The van der Waals surface area contributed by atoms with Gasteiger partial charge in [0.15, 0.2) is 0 Å². The molecular weight excluding hydrogens is 380 g/mol. The second-order valence-electron chi connectivity index (χ2n) is 7.44. The third kappa shape index (κ3) is 3.23. The van der Waals surface area contributed by atoms with E-state index >= 15 is 0 Å². The summed E-state index contributed by atoms with van der Waals surface area (Å²) in [4.78, 5) is 27.7. The van der Waals surface area contributed by atoms with Gasteiger partial charge in [-0.25, -0.2) is 0 Å². The van der Waals surface area contributed by atoms with E-state index < -0.39 is 6.04 Å².